The number of rotatable bonds is 6. The third-order valence-corrected chi connectivity index (χ3v) is 4.30. The van der Waals surface area contributed by atoms with Crippen LogP contribution in [-0.4, -0.2) is 13.3 Å². The van der Waals surface area contributed by atoms with Crippen molar-refractivity contribution < 1.29 is 0 Å². The van der Waals surface area contributed by atoms with Gasteiger partial charge in [-0.25, -0.2) is 0 Å². The Kier molecular flexibility index (Phi) is 5.69. The van der Waals surface area contributed by atoms with E-state index in [0.29, 0.717) is 0 Å². The quantitative estimate of drug-likeness (QED) is 0.774. The zero-order valence-electron chi connectivity index (χ0n) is 12.5. The Morgan fingerprint density at radius 3 is 2.40 bits per heavy atom. The van der Waals surface area contributed by atoms with Gasteiger partial charge in [-0.1, -0.05) is 49.7 Å². The lowest BCUT2D eigenvalue weighted by molar-refractivity contribution is 0.689. The van der Waals surface area contributed by atoms with E-state index < -0.39 is 0 Å². The second-order valence-corrected chi connectivity index (χ2v) is 5.87. The monoisotopic (exact) mass is 285 g/mol. The van der Waals surface area contributed by atoms with Crippen LogP contribution in [0.4, 0.5) is 0 Å². The Bertz CT molecular complexity index is 533. The zero-order valence-corrected chi connectivity index (χ0v) is 13.3. The van der Waals surface area contributed by atoms with Crippen LogP contribution >= 0.6 is 11.8 Å². The number of hydrogen-bond donors (Lipinski definition) is 1. The van der Waals surface area contributed by atoms with Crippen molar-refractivity contribution in [1.29, 1.82) is 0 Å². The van der Waals surface area contributed by atoms with Crippen LogP contribution in [0.5, 0.6) is 0 Å². The van der Waals surface area contributed by atoms with Gasteiger partial charge in [0.25, 0.3) is 0 Å². The molecule has 0 aromatic heterocycles. The predicted molar refractivity (Wildman–Crippen MR) is 89.6 cm³/mol. The van der Waals surface area contributed by atoms with E-state index >= 15 is 0 Å². The normalized spacial score (nSPS) is 12.3. The van der Waals surface area contributed by atoms with Crippen LogP contribution in [0.2, 0.25) is 0 Å². The van der Waals surface area contributed by atoms with E-state index in [4.69, 9.17) is 0 Å². The molecular formula is C18H23NS. The minimum absolute atomic E-state index is 0.266. The topological polar surface area (TPSA) is 12.0 Å². The fraction of sp³-hybridized carbons (Fsp3) is 0.333. The minimum Gasteiger partial charge on any atom is -0.309 e. The van der Waals surface area contributed by atoms with Crippen molar-refractivity contribution in [3.05, 3.63) is 65.2 Å². The summed E-state index contributed by atoms with van der Waals surface area (Å²) in [6.07, 6.45) is 4.45. The molecule has 0 saturated carbocycles. The smallest absolute Gasteiger partial charge is 0.0574 e. The van der Waals surface area contributed by atoms with E-state index in [1.54, 1.807) is 11.8 Å². The molecule has 0 radical (unpaired) electrons. The third kappa shape index (κ3) is 3.65. The van der Waals surface area contributed by atoms with Gasteiger partial charge in [-0.15, -0.1) is 11.8 Å². The summed E-state index contributed by atoms with van der Waals surface area (Å²) < 4.78 is 0. The van der Waals surface area contributed by atoms with Crippen molar-refractivity contribution >= 4 is 11.8 Å². The highest BCUT2D eigenvalue weighted by Gasteiger charge is 2.12. The lowest BCUT2D eigenvalue weighted by atomic mass is 9.96. The molecule has 2 rings (SSSR count). The van der Waals surface area contributed by atoms with Crippen LogP contribution in [0.25, 0.3) is 0 Å². The first kappa shape index (κ1) is 15.1. The van der Waals surface area contributed by atoms with Gasteiger partial charge >= 0.3 is 0 Å². The Balaban J connectivity index is 2.28. The largest absolute Gasteiger partial charge is 0.309 e. The first-order valence-corrected chi connectivity index (χ1v) is 8.41. The molecule has 106 valence electrons. The molecule has 20 heavy (non-hydrogen) atoms. The fourth-order valence-electron chi connectivity index (χ4n) is 2.54. The molecule has 0 spiro atoms. The Morgan fingerprint density at radius 1 is 1.05 bits per heavy atom. The third-order valence-electron chi connectivity index (χ3n) is 3.56. The van der Waals surface area contributed by atoms with Gasteiger partial charge in [0.2, 0.25) is 0 Å². The second kappa shape index (κ2) is 7.51. The average Bonchev–Trinajstić information content (AvgIpc) is 2.49. The van der Waals surface area contributed by atoms with Crippen molar-refractivity contribution in [3.63, 3.8) is 0 Å². The number of thioether (sulfide) groups is 1. The van der Waals surface area contributed by atoms with Crippen LogP contribution in [0.3, 0.4) is 0 Å². The van der Waals surface area contributed by atoms with Crippen LogP contribution in [0.15, 0.2) is 53.4 Å². The van der Waals surface area contributed by atoms with Gasteiger partial charge in [0.15, 0.2) is 0 Å². The SMILES string of the molecule is CCCc1cccc(C(NC)c2ccc(SC)cc2)c1. The Morgan fingerprint density at radius 2 is 1.80 bits per heavy atom. The summed E-state index contributed by atoms with van der Waals surface area (Å²) in [6, 6.07) is 18.0. The maximum absolute atomic E-state index is 3.43. The molecule has 1 N–H and O–H groups in total. The molecule has 2 heteroatoms. The molecule has 0 saturated heterocycles. The van der Waals surface area contributed by atoms with Crippen LogP contribution in [0, 0.1) is 0 Å². The standard InChI is InChI=1S/C18H23NS/c1-4-6-14-7-5-8-16(13-14)18(19-2)15-9-11-17(20-3)12-10-15/h5,7-13,18-19H,4,6H2,1-3H3. The van der Waals surface area contributed by atoms with Gasteiger partial charge < -0.3 is 5.32 Å². The molecule has 2 aromatic rings. The van der Waals surface area contributed by atoms with E-state index in [2.05, 4.69) is 67.0 Å². The highest BCUT2D eigenvalue weighted by molar-refractivity contribution is 7.98. The minimum atomic E-state index is 0.266. The highest BCUT2D eigenvalue weighted by Crippen LogP contribution is 2.25. The number of nitrogens with one attached hydrogen (secondary N) is 1. The summed E-state index contributed by atoms with van der Waals surface area (Å²) in [7, 11) is 2.03. The van der Waals surface area contributed by atoms with E-state index in [9.17, 15) is 0 Å². The molecule has 0 bridgehead atoms. The second-order valence-electron chi connectivity index (χ2n) is 4.99. The lowest BCUT2D eigenvalue weighted by Crippen LogP contribution is -2.17. The summed E-state index contributed by atoms with van der Waals surface area (Å²) in [4.78, 5) is 1.31. The van der Waals surface area contributed by atoms with Gasteiger partial charge in [0.1, 0.15) is 0 Å². The van der Waals surface area contributed by atoms with Gasteiger partial charge in [-0.2, -0.15) is 0 Å². The molecule has 1 unspecified atom stereocenters. The number of hydrogen-bond acceptors (Lipinski definition) is 2. The summed E-state index contributed by atoms with van der Waals surface area (Å²) in [6.45, 7) is 2.23. The Labute approximate surface area is 126 Å². The number of aryl methyl sites for hydroxylation is 1. The van der Waals surface area contributed by atoms with Crippen molar-refractivity contribution in [2.24, 2.45) is 0 Å². The van der Waals surface area contributed by atoms with E-state index in [-0.39, 0.29) is 6.04 Å². The summed E-state index contributed by atoms with van der Waals surface area (Å²) in [5.41, 5.74) is 4.08. The van der Waals surface area contributed by atoms with Crippen molar-refractivity contribution in [1.82, 2.24) is 5.32 Å². The van der Waals surface area contributed by atoms with Crippen LogP contribution < -0.4 is 5.32 Å². The molecule has 0 amide bonds. The first-order chi connectivity index (χ1) is 9.78. The molecule has 0 heterocycles. The molecule has 1 nitrogen and oxygen atoms in total. The van der Waals surface area contributed by atoms with Gasteiger partial charge in [-0.05, 0) is 48.5 Å². The summed E-state index contributed by atoms with van der Waals surface area (Å²) in [5, 5.41) is 3.43. The number of benzene rings is 2. The zero-order chi connectivity index (χ0) is 14.4. The van der Waals surface area contributed by atoms with Crippen LogP contribution in [-0.2, 0) is 6.42 Å². The van der Waals surface area contributed by atoms with Gasteiger partial charge in [0, 0.05) is 4.90 Å². The summed E-state index contributed by atoms with van der Waals surface area (Å²) in [5.74, 6) is 0. The van der Waals surface area contributed by atoms with Crippen molar-refractivity contribution in [2.75, 3.05) is 13.3 Å². The molecule has 1 atom stereocenters. The molecule has 0 fully saturated rings. The van der Waals surface area contributed by atoms with Crippen molar-refractivity contribution in [2.45, 2.75) is 30.7 Å². The fourth-order valence-corrected chi connectivity index (χ4v) is 2.95. The molecule has 2 aromatic carbocycles. The maximum Gasteiger partial charge on any atom is 0.0574 e. The van der Waals surface area contributed by atoms with Gasteiger partial charge in [-0.3, -0.25) is 0 Å². The maximum atomic E-state index is 3.43. The van der Waals surface area contributed by atoms with E-state index in [0.717, 1.165) is 6.42 Å². The van der Waals surface area contributed by atoms with E-state index in [1.165, 1.54) is 28.0 Å². The average molecular weight is 285 g/mol. The van der Waals surface area contributed by atoms with Gasteiger partial charge in [0.05, 0.1) is 6.04 Å². The lowest BCUT2D eigenvalue weighted by Gasteiger charge is -2.18. The van der Waals surface area contributed by atoms with E-state index in [1.807, 2.05) is 7.05 Å². The molecule has 0 aliphatic heterocycles. The predicted octanol–water partition coefficient (Wildman–Crippen LogP) is 4.67. The molecule has 0 aliphatic carbocycles. The molecule has 0 aliphatic rings. The highest BCUT2D eigenvalue weighted by atomic mass is 32.2. The molecular weight excluding hydrogens is 262 g/mol. The van der Waals surface area contributed by atoms with Crippen LogP contribution in [0.1, 0.15) is 36.1 Å². The first-order valence-electron chi connectivity index (χ1n) is 7.18. The summed E-state index contributed by atoms with van der Waals surface area (Å²) >= 11 is 1.78. The Hall–Kier alpha value is -1.25. The van der Waals surface area contributed by atoms with Crippen molar-refractivity contribution in [3.8, 4) is 0 Å².